The molecule has 4 rings (SSSR count). The molecule has 0 atom stereocenters. The summed E-state index contributed by atoms with van der Waals surface area (Å²) in [6.45, 7) is 2.13. The molecule has 0 spiro atoms. The molecule has 0 bridgehead atoms. The van der Waals surface area contributed by atoms with Gasteiger partial charge >= 0.3 is 0 Å². The van der Waals surface area contributed by atoms with Crippen molar-refractivity contribution in [1.82, 2.24) is 4.98 Å². The maximum Gasteiger partial charge on any atom is 0.0745 e. The van der Waals surface area contributed by atoms with Crippen LogP contribution in [0.15, 0.2) is 84.9 Å². The van der Waals surface area contributed by atoms with Crippen molar-refractivity contribution >= 4 is 10.9 Å². The highest BCUT2D eigenvalue weighted by atomic mass is 14.7. The van der Waals surface area contributed by atoms with Crippen molar-refractivity contribution in [3.63, 3.8) is 0 Å². The van der Waals surface area contributed by atoms with E-state index >= 15 is 0 Å². The third-order valence-corrected chi connectivity index (χ3v) is 4.33. The summed E-state index contributed by atoms with van der Waals surface area (Å²) in [5, 5.41) is 1.19. The predicted molar refractivity (Wildman–Crippen MR) is 101 cm³/mol. The van der Waals surface area contributed by atoms with E-state index in [0.29, 0.717) is 0 Å². The summed E-state index contributed by atoms with van der Waals surface area (Å²) in [5.41, 5.74) is 7.15. The first-order valence-electron chi connectivity index (χ1n) is 8.29. The van der Waals surface area contributed by atoms with Crippen LogP contribution in [0.25, 0.3) is 22.2 Å². The van der Waals surface area contributed by atoms with Gasteiger partial charge in [0, 0.05) is 10.9 Å². The van der Waals surface area contributed by atoms with Gasteiger partial charge in [-0.25, -0.2) is 4.98 Å². The summed E-state index contributed by atoms with van der Waals surface area (Å²) in [6.07, 6.45) is 0.891. The van der Waals surface area contributed by atoms with E-state index in [4.69, 9.17) is 4.98 Å². The molecule has 0 saturated carbocycles. The molecule has 3 aromatic carbocycles. The highest BCUT2D eigenvalue weighted by Crippen LogP contribution is 2.28. The Hall–Kier alpha value is -2.93. The van der Waals surface area contributed by atoms with Gasteiger partial charge < -0.3 is 0 Å². The van der Waals surface area contributed by atoms with Crippen LogP contribution in [0, 0.1) is 6.92 Å². The van der Waals surface area contributed by atoms with Crippen LogP contribution in [-0.2, 0) is 6.42 Å². The normalized spacial score (nSPS) is 10.9. The van der Waals surface area contributed by atoms with Crippen molar-refractivity contribution in [1.29, 1.82) is 0 Å². The molecule has 0 unspecified atom stereocenters. The van der Waals surface area contributed by atoms with Crippen LogP contribution in [0.3, 0.4) is 0 Å². The van der Waals surface area contributed by atoms with Crippen molar-refractivity contribution in [3.05, 3.63) is 102 Å². The van der Waals surface area contributed by atoms with Gasteiger partial charge in [-0.3, -0.25) is 0 Å². The van der Waals surface area contributed by atoms with E-state index in [1.165, 1.54) is 27.6 Å². The van der Waals surface area contributed by atoms with Gasteiger partial charge in [0.15, 0.2) is 0 Å². The molecule has 0 saturated heterocycles. The zero-order chi connectivity index (χ0) is 16.4. The molecule has 4 aromatic rings. The Morgan fingerprint density at radius 2 is 1.54 bits per heavy atom. The Morgan fingerprint density at radius 3 is 2.38 bits per heavy atom. The second-order valence-corrected chi connectivity index (χ2v) is 6.22. The zero-order valence-corrected chi connectivity index (χ0v) is 13.7. The summed E-state index contributed by atoms with van der Waals surface area (Å²) < 4.78 is 0. The lowest BCUT2D eigenvalue weighted by Crippen LogP contribution is -1.96. The molecule has 0 aliphatic carbocycles. The molecule has 0 N–H and O–H groups in total. The third kappa shape index (κ3) is 2.93. The Balaban J connectivity index is 1.90. The SMILES string of the molecule is Cc1cccc(-c2nc3ccccc3cc2Cc2ccccc2)c1. The number of para-hydroxylation sites is 1. The van der Waals surface area contributed by atoms with Gasteiger partial charge in [0.1, 0.15) is 0 Å². The van der Waals surface area contributed by atoms with Crippen LogP contribution >= 0.6 is 0 Å². The molecular formula is C23H19N. The monoisotopic (exact) mass is 309 g/mol. The van der Waals surface area contributed by atoms with E-state index in [2.05, 4.69) is 85.8 Å². The number of rotatable bonds is 3. The van der Waals surface area contributed by atoms with E-state index < -0.39 is 0 Å². The highest BCUT2D eigenvalue weighted by Gasteiger charge is 2.10. The quantitative estimate of drug-likeness (QED) is 0.466. The molecular weight excluding hydrogens is 290 g/mol. The van der Waals surface area contributed by atoms with Crippen LogP contribution in [0.5, 0.6) is 0 Å². The Labute approximate surface area is 142 Å². The van der Waals surface area contributed by atoms with Crippen LogP contribution < -0.4 is 0 Å². The predicted octanol–water partition coefficient (Wildman–Crippen LogP) is 5.80. The number of fused-ring (bicyclic) bond motifs is 1. The first-order valence-corrected chi connectivity index (χ1v) is 8.29. The van der Waals surface area contributed by atoms with Crippen LogP contribution in [0.2, 0.25) is 0 Å². The fourth-order valence-electron chi connectivity index (χ4n) is 3.15. The Bertz CT molecular complexity index is 987. The molecule has 0 aliphatic heterocycles. The fourth-order valence-corrected chi connectivity index (χ4v) is 3.15. The third-order valence-electron chi connectivity index (χ3n) is 4.33. The molecule has 24 heavy (non-hydrogen) atoms. The highest BCUT2D eigenvalue weighted by molar-refractivity contribution is 5.83. The maximum atomic E-state index is 4.98. The molecule has 1 heterocycles. The number of hydrogen-bond acceptors (Lipinski definition) is 1. The van der Waals surface area contributed by atoms with Gasteiger partial charge in [-0.2, -0.15) is 0 Å². The topological polar surface area (TPSA) is 12.9 Å². The molecule has 0 amide bonds. The van der Waals surface area contributed by atoms with E-state index in [-0.39, 0.29) is 0 Å². The van der Waals surface area contributed by atoms with Crippen molar-refractivity contribution in [2.24, 2.45) is 0 Å². The number of nitrogens with zero attached hydrogens (tertiary/aromatic N) is 1. The maximum absolute atomic E-state index is 4.98. The standard InChI is InChI=1S/C23H19N/c1-17-8-7-12-20(14-17)23-21(15-18-9-3-2-4-10-18)16-19-11-5-6-13-22(19)24-23/h2-14,16H,15H2,1H3. The molecule has 116 valence electrons. The minimum Gasteiger partial charge on any atom is -0.247 e. The Kier molecular flexibility index (Phi) is 3.84. The summed E-state index contributed by atoms with van der Waals surface area (Å²) in [4.78, 5) is 4.98. The van der Waals surface area contributed by atoms with Crippen molar-refractivity contribution in [2.75, 3.05) is 0 Å². The molecule has 0 fully saturated rings. The fraction of sp³-hybridized carbons (Fsp3) is 0.0870. The first-order chi connectivity index (χ1) is 11.8. The van der Waals surface area contributed by atoms with E-state index in [0.717, 1.165) is 17.6 Å². The van der Waals surface area contributed by atoms with E-state index in [9.17, 15) is 0 Å². The van der Waals surface area contributed by atoms with Gasteiger partial charge in [-0.1, -0.05) is 72.3 Å². The average molecular weight is 309 g/mol. The minimum absolute atomic E-state index is 0.891. The Morgan fingerprint density at radius 1 is 0.750 bits per heavy atom. The lowest BCUT2D eigenvalue weighted by molar-refractivity contribution is 1.17. The number of benzene rings is 3. The van der Waals surface area contributed by atoms with E-state index in [1.807, 2.05) is 6.07 Å². The molecule has 0 radical (unpaired) electrons. The molecule has 0 aliphatic rings. The summed E-state index contributed by atoms with van der Waals surface area (Å²) in [5.74, 6) is 0. The van der Waals surface area contributed by atoms with Gasteiger partial charge in [0.05, 0.1) is 11.2 Å². The lowest BCUT2D eigenvalue weighted by Gasteiger charge is -2.12. The number of hydrogen-bond donors (Lipinski definition) is 0. The van der Waals surface area contributed by atoms with Gasteiger partial charge in [-0.15, -0.1) is 0 Å². The number of pyridine rings is 1. The largest absolute Gasteiger partial charge is 0.247 e. The number of aromatic nitrogens is 1. The van der Waals surface area contributed by atoms with Crippen LogP contribution in [0.1, 0.15) is 16.7 Å². The van der Waals surface area contributed by atoms with Crippen molar-refractivity contribution < 1.29 is 0 Å². The summed E-state index contributed by atoms with van der Waals surface area (Å²) in [6, 6.07) is 29.8. The van der Waals surface area contributed by atoms with Crippen molar-refractivity contribution in [3.8, 4) is 11.3 Å². The second-order valence-electron chi connectivity index (χ2n) is 6.22. The van der Waals surface area contributed by atoms with Gasteiger partial charge in [-0.05, 0) is 42.7 Å². The first kappa shape index (κ1) is 14.6. The van der Waals surface area contributed by atoms with Gasteiger partial charge in [0.2, 0.25) is 0 Å². The lowest BCUT2D eigenvalue weighted by atomic mass is 9.97. The summed E-state index contributed by atoms with van der Waals surface area (Å²) >= 11 is 0. The van der Waals surface area contributed by atoms with Crippen LogP contribution in [0.4, 0.5) is 0 Å². The smallest absolute Gasteiger partial charge is 0.0745 e. The molecule has 1 nitrogen and oxygen atoms in total. The van der Waals surface area contributed by atoms with Gasteiger partial charge in [0.25, 0.3) is 0 Å². The molecule has 1 heteroatoms. The minimum atomic E-state index is 0.891. The van der Waals surface area contributed by atoms with Crippen LogP contribution in [-0.4, -0.2) is 4.98 Å². The average Bonchev–Trinajstić information content (AvgIpc) is 2.62. The molecule has 1 aromatic heterocycles. The number of aryl methyl sites for hydroxylation is 1. The van der Waals surface area contributed by atoms with Crippen molar-refractivity contribution in [2.45, 2.75) is 13.3 Å². The van der Waals surface area contributed by atoms with E-state index in [1.54, 1.807) is 0 Å². The second kappa shape index (κ2) is 6.29. The summed E-state index contributed by atoms with van der Waals surface area (Å²) in [7, 11) is 0. The zero-order valence-electron chi connectivity index (χ0n) is 13.7.